The molecule has 27 heavy (non-hydrogen) atoms. The van der Waals surface area contributed by atoms with Crippen LogP contribution in [0.2, 0.25) is 0 Å². The van der Waals surface area contributed by atoms with Crippen molar-refractivity contribution >= 4 is 10.9 Å². The number of H-pyrrole nitrogens is 1. The van der Waals surface area contributed by atoms with Crippen molar-refractivity contribution in [2.24, 2.45) is 0 Å². The van der Waals surface area contributed by atoms with Crippen molar-refractivity contribution in [3.8, 4) is 11.6 Å². The zero-order valence-corrected chi connectivity index (χ0v) is 14.9. The summed E-state index contributed by atoms with van der Waals surface area (Å²) in [6.45, 7) is 5.27. The topological polar surface area (TPSA) is 85.6 Å². The van der Waals surface area contributed by atoms with Crippen LogP contribution in [0, 0.1) is 26.6 Å². The largest absolute Gasteiger partial charge is 0.287 e. The summed E-state index contributed by atoms with van der Waals surface area (Å²) in [5.74, 6) is -0.258. The molecule has 3 aromatic heterocycles. The third-order valence-electron chi connectivity index (χ3n) is 4.34. The Morgan fingerprint density at radius 3 is 2.37 bits per heavy atom. The number of nitrogens with zero attached hydrogens (tertiary/aromatic N) is 4. The molecule has 0 bridgehead atoms. The second-order valence-electron chi connectivity index (χ2n) is 6.38. The first-order chi connectivity index (χ1) is 12.8. The van der Waals surface area contributed by atoms with Gasteiger partial charge in [-0.2, -0.15) is 4.68 Å². The van der Waals surface area contributed by atoms with E-state index < -0.39 is 5.82 Å². The van der Waals surface area contributed by atoms with Crippen molar-refractivity contribution in [1.82, 2.24) is 24.3 Å². The monoisotopic (exact) mass is 365 g/mol. The quantitative estimate of drug-likeness (QED) is 0.591. The number of hydrogen-bond donors (Lipinski definition) is 1. The van der Waals surface area contributed by atoms with Crippen LogP contribution in [0.4, 0.5) is 4.39 Å². The summed E-state index contributed by atoms with van der Waals surface area (Å²) < 4.78 is 16.1. The van der Waals surface area contributed by atoms with E-state index in [0.717, 1.165) is 11.4 Å². The smallest absolute Gasteiger partial charge is 0.283 e. The molecule has 0 atom stereocenters. The Bertz CT molecular complexity index is 1300. The summed E-state index contributed by atoms with van der Waals surface area (Å²) in [6.07, 6.45) is 0. The Hall–Kier alpha value is -3.55. The Labute approximate surface area is 152 Å². The molecule has 1 N–H and O–H groups in total. The highest BCUT2D eigenvalue weighted by Crippen LogP contribution is 2.17. The minimum Gasteiger partial charge on any atom is -0.287 e. The van der Waals surface area contributed by atoms with Gasteiger partial charge in [-0.05, 0) is 45.0 Å². The lowest BCUT2D eigenvalue weighted by Gasteiger charge is -2.10. The number of fused-ring (bicyclic) bond motifs is 1. The molecule has 1 aromatic carbocycles. The van der Waals surface area contributed by atoms with Crippen LogP contribution in [0.5, 0.6) is 0 Å². The van der Waals surface area contributed by atoms with Crippen LogP contribution in [0.15, 0.2) is 46.0 Å². The van der Waals surface area contributed by atoms with Gasteiger partial charge in [-0.1, -0.05) is 6.07 Å². The number of benzene rings is 1. The predicted octanol–water partition coefficient (Wildman–Crippen LogP) is 2.32. The van der Waals surface area contributed by atoms with Gasteiger partial charge in [0.2, 0.25) is 0 Å². The summed E-state index contributed by atoms with van der Waals surface area (Å²) in [5.41, 5.74) is 1.83. The fourth-order valence-electron chi connectivity index (χ4n) is 3.26. The van der Waals surface area contributed by atoms with Crippen molar-refractivity contribution in [2.75, 3.05) is 0 Å². The molecule has 0 unspecified atom stereocenters. The van der Waals surface area contributed by atoms with Crippen LogP contribution in [-0.2, 0) is 0 Å². The normalized spacial score (nSPS) is 11.3. The number of rotatable bonds is 2. The average molecular weight is 365 g/mol. The number of halogens is 1. The van der Waals surface area contributed by atoms with Gasteiger partial charge in [0, 0.05) is 23.1 Å². The number of pyridine rings is 1. The van der Waals surface area contributed by atoms with Gasteiger partial charge in [0.05, 0.1) is 16.6 Å². The van der Waals surface area contributed by atoms with E-state index in [9.17, 15) is 14.0 Å². The molecule has 7 nitrogen and oxygen atoms in total. The van der Waals surface area contributed by atoms with Gasteiger partial charge in [-0.15, -0.1) is 0 Å². The van der Waals surface area contributed by atoms with Crippen LogP contribution in [-0.4, -0.2) is 24.3 Å². The summed E-state index contributed by atoms with van der Waals surface area (Å²) in [6, 6.07) is 8.78. The lowest BCUT2D eigenvalue weighted by molar-refractivity contribution is 0.626. The molecule has 4 aromatic rings. The third-order valence-corrected chi connectivity index (χ3v) is 4.34. The SMILES string of the molecule is Cc1cc(C)nc(-n2[nH]c3cc(=O)n(-c4cccc(F)c4)c(C)c3c2=O)n1. The van der Waals surface area contributed by atoms with E-state index in [-0.39, 0.29) is 17.1 Å². The van der Waals surface area contributed by atoms with Crippen LogP contribution < -0.4 is 11.1 Å². The predicted molar refractivity (Wildman–Crippen MR) is 99.3 cm³/mol. The number of nitrogens with one attached hydrogen (secondary N) is 1. The lowest BCUT2D eigenvalue weighted by Crippen LogP contribution is -2.22. The van der Waals surface area contributed by atoms with Gasteiger partial charge >= 0.3 is 0 Å². The molecule has 0 aliphatic heterocycles. The highest BCUT2D eigenvalue weighted by Gasteiger charge is 2.17. The van der Waals surface area contributed by atoms with Crippen LogP contribution in [0.1, 0.15) is 17.1 Å². The van der Waals surface area contributed by atoms with Crippen LogP contribution in [0.3, 0.4) is 0 Å². The fourth-order valence-corrected chi connectivity index (χ4v) is 3.26. The molecule has 8 heteroatoms. The lowest BCUT2D eigenvalue weighted by atomic mass is 10.2. The van der Waals surface area contributed by atoms with Crippen LogP contribution >= 0.6 is 0 Å². The van der Waals surface area contributed by atoms with Crippen molar-refractivity contribution in [2.45, 2.75) is 20.8 Å². The van der Waals surface area contributed by atoms with E-state index in [1.54, 1.807) is 19.1 Å². The molecule has 0 saturated heterocycles. The maximum absolute atomic E-state index is 13.6. The molecule has 4 rings (SSSR count). The van der Waals surface area contributed by atoms with Gasteiger partial charge in [0.1, 0.15) is 5.82 Å². The molecular weight excluding hydrogens is 349 g/mol. The van der Waals surface area contributed by atoms with E-state index in [0.29, 0.717) is 22.3 Å². The average Bonchev–Trinajstić information content (AvgIpc) is 2.90. The van der Waals surface area contributed by atoms with Gasteiger partial charge in [-0.25, -0.2) is 14.4 Å². The Morgan fingerprint density at radius 2 is 1.70 bits per heavy atom. The van der Waals surface area contributed by atoms with E-state index in [1.165, 1.54) is 33.5 Å². The number of aryl methyl sites for hydroxylation is 3. The summed E-state index contributed by atoms with van der Waals surface area (Å²) >= 11 is 0. The number of aromatic amines is 1. The van der Waals surface area contributed by atoms with Crippen LogP contribution in [0.25, 0.3) is 22.5 Å². The molecular formula is C19H16FN5O2. The fraction of sp³-hybridized carbons (Fsp3) is 0.158. The second-order valence-corrected chi connectivity index (χ2v) is 6.38. The minimum atomic E-state index is -0.464. The Balaban J connectivity index is 2.03. The first-order valence-electron chi connectivity index (χ1n) is 8.31. The highest BCUT2D eigenvalue weighted by atomic mass is 19.1. The molecule has 0 saturated carbocycles. The first-order valence-corrected chi connectivity index (χ1v) is 8.31. The second kappa shape index (κ2) is 6.01. The van der Waals surface area contributed by atoms with Gasteiger partial charge in [0.15, 0.2) is 0 Å². The maximum atomic E-state index is 13.6. The molecule has 0 radical (unpaired) electrons. The highest BCUT2D eigenvalue weighted by molar-refractivity contribution is 5.81. The zero-order chi connectivity index (χ0) is 19.3. The van der Waals surface area contributed by atoms with Crippen molar-refractivity contribution in [3.05, 3.63) is 80.0 Å². The van der Waals surface area contributed by atoms with Gasteiger partial charge < -0.3 is 0 Å². The van der Waals surface area contributed by atoms with E-state index in [1.807, 2.05) is 13.8 Å². The Kier molecular flexibility index (Phi) is 3.76. The van der Waals surface area contributed by atoms with Crippen molar-refractivity contribution in [3.63, 3.8) is 0 Å². The van der Waals surface area contributed by atoms with Gasteiger partial charge in [0.25, 0.3) is 17.1 Å². The molecule has 0 fully saturated rings. The van der Waals surface area contributed by atoms with E-state index >= 15 is 0 Å². The number of aromatic nitrogens is 5. The summed E-state index contributed by atoms with van der Waals surface area (Å²) in [7, 11) is 0. The van der Waals surface area contributed by atoms with Gasteiger partial charge in [-0.3, -0.25) is 19.3 Å². The van der Waals surface area contributed by atoms with E-state index in [2.05, 4.69) is 15.1 Å². The summed E-state index contributed by atoms with van der Waals surface area (Å²) in [4.78, 5) is 34.2. The minimum absolute atomic E-state index is 0.206. The third kappa shape index (κ3) is 2.75. The molecule has 136 valence electrons. The maximum Gasteiger partial charge on any atom is 0.283 e. The standard InChI is InChI=1S/C19H16FN5O2/c1-10-7-11(2)22-19(21-10)25-18(27)17-12(3)24(16(26)9-15(17)23-25)14-6-4-5-13(20)8-14/h4-9,23H,1-3H3. The Morgan fingerprint density at radius 1 is 1.00 bits per heavy atom. The molecule has 0 amide bonds. The van der Waals surface area contributed by atoms with E-state index in [4.69, 9.17) is 0 Å². The molecule has 0 aliphatic carbocycles. The number of hydrogen-bond acceptors (Lipinski definition) is 4. The first kappa shape index (κ1) is 16.9. The zero-order valence-electron chi connectivity index (χ0n) is 14.9. The molecule has 0 aliphatic rings. The van der Waals surface area contributed by atoms with Crippen molar-refractivity contribution in [1.29, 1.82) is 0 Å². The van der Waals surface area contributed by atoms with Crippen molar-refractivity contribution < 1.29 is 4.39 Å². The molecule has 0 spiro atoms. The molecule has 3 heterocycles. The summed E-state index contributed by atoms with van der Waals surface area (Å²) in [5, 5.41) is 3.22.